The summed E-state index contributed by atoms with van der Waals surface area (Å²) in [6.45, 7) is 6.97. The third kappa shape index (κ3) is 5.07. The van der Waals surface area contributed by atoms with Crippen molar-refractivity contribution >= 4 is 16.7 Å². The van der Waals surface area contributed by atoms with Gasteiger partial charge in [-0.1, -0.05) is 44.4 Å². The van der Waals surface area contributed by atoms with Crippen molar-refractivity contribution < 1.29 is 0 Å². The number of nitrogen functional groups attached to an aromatic ring is 1. The van der Waals surface area contributed by atoms with Crippen LogP contribution >= 0.6 is 0 Å². The Morgan fingerprint density at radius 2 is 1.94 bits per heavy atom. The molecule has 0 spiro atoms. The summed E-state index contributed by atoms with van der Waals surface area (Å²) in [7, 11) is 0. The number of aromatic amines is 1. The molecule has 2 aromatic heterocycles. The van der Waals surface area contributed by atoms with Gasteiger partial charge in [-0.25, -0.2) is 4.98 Å². The topological polar surface area (TPSA) is 98.9 Å². The Morgan fingerprint density at radius 1 is 1.21 bits per heavy atom. The summed E-state index contributed by atoms with van der Waals surface area (Å²) in [5, 5.41) is 8.78. The molecule has 4 N–H and O–H groups in total. The van der Waals surface area contributed by atoms with E-state index in [1.807, 2.05) is 18.2 Å². The number of pyridine rings is 2. The molecule has 180 valence electrons. The molecular formula is C28H37N5O. The summed E-state index contributed by atoms with van der Waals surface area (Å²) >= 11 is 0. The summed E-state index contributed by atoms with van der Waals surface area (Å²) in [6, 6.07) is 15.2. The Morgan fingerprint density at radius 3 is 2.65 bits per heavy atom. The summed E-state index contributed by atoms with van der Waals surface area (Å²) in [6.07, 6.45) is 7.61. The van der Waals surface area contributed by atoms with E-state index in [2.05, 4.69) is 53.8 Å². The van der Waals surface area contributed by atoms with E-state index >= 15 is 0 Å². The van der Waals surface area contributed by atoms with Gasteiger partial charge in [-0.15, -0.1) is 0 Å². The molecule has 0 radical (unpaired) electrons. The summed E-state index contributed by atoms with van der Waals surface area (Å²) in [4.78, 5) is 23.3. The van der Waals surface area contributed by atoms with Crippen molar-refractivity contribution in [1.82, 2.24) is 14.9 Å². The fourth-order valence-electron chi connectivity index (χ4n) is 5.56. The van der Waals surface area contributed by atoms with Gasteiger partial charge in [0.15, 0.2) is 0 Å². The highest BCUT2D eigenvalue weighted by molar-refractivity contribution is 5.93. The highest BCUT2D eigenvalue weighted by Crippen LogP contribution is 2.38. The maximum Gasteiger partial charge on any atom is 0.252 e. The molecule has 3 aromatic rings. The second-order valence-corrected chi connectivity index (χ2v) is 9.77. The van der Waals surface area contributed by atoms with Crippen LogP contribution in [0.15, 0.2) is 47.3 Å². The lowest BCUT2D eigenvalue weighted by molar-refractivity contribution is 0.0496. The van der Waals surface area contributed by atoms with Crippen molar-refractivity contribution in [1.29, 1.82) is 5.41 Å². The molecule has 0 amide bonds. The summed E-state index contributed by atoms with van der Waals surface area (Å²) in [5.74, 6) is -0.0694. The van der Waals surface area contributed by atoms with E-state index in [1.54, 1.807) is 6.07 Å². The van der Waals surface area contributed by atoms with E-state index in [1.165, 1.54) is 31.2 Å². The Balaban J connectivity index is 1.78. The van der Waals surface area contributed by atoms with Crippen LogP contribution in [-0.2, 0) is 6.42 Å². The first kappa shape index (κ1) is 24.1. The molecule has 4 rings (SSSR count). The molecular weight excluding hydrogens is 422 g/mol. The minimum atomic E-state index is -0.0931. The predicted octanol–water partition coefficient (Wildman–Crippen LogP) is 5.29. The second kappa shape index (κ2) is 10.5. The van der Waals surface area contributed by atoms with Crippen LogP contribution in [0.5, 0.6) is 0 Å². The summed E-state index contributed by atoms with van der Waals surface area (Å²) < 4.78 is 0. The molecule has 0 saturated carbocycles. The van der Waals surface area contributed by atoms with E-state index in [4.69, 9.17) is 11.1 Å². The average Bonchev–Trinajstić information content (AvgIpc) is 2.81. The Hall–Kier alpha value is -2.99. The second-order valence-electron chi connectivity index (χ2n) is 9.77. The van der Waals surface area contributed by atoms with Crippen LogP contribution in [0, 0.1) is 5.41 Å². The lowest BCUT2D eigenvalue weighted by Gasteiger charge is -2.45. The summed E-state index contributed by atoms with van der Waals surface area (Å²) in [5.41, 5.74) is 9.56. The molecule has 3 unspecified atom stereocenters. The number of H-pyrrole nitrogens is 1. The number of amidine groups is 1. The van der Waals surface area contributed by atoms with Gasteiger partial charge < -0.3 is 10.7 Å². The molecule has 34 heavy (non-hydrogen) atoms. The quantitative estimate of drug-likeness (QED) is 0.315. The Kier molecular flexibility index (Phi) is 7.47. The molecule has 1 aliphatic heterocycles. The van der Waals surface area contributed by atoms with E-state index < -0.39 is 0 Å². The van der Waals surface area contributed by atoms with Crippen molar-refractivity contribution in [2.24, 2.45) is 5.73 Å². The van der Waals surface area contributed by atoms with Gasteiger partial charge in [0.2, 0.25) is 0 Å². The Labute approximate surface area is 202 Å². The zero-order valence-electron chi connectivity index (χ0n) is 20.6. The first-order chi connectivity index (χ1) is 16.4. The molecule has 1 saturated heterocycles. The number of nitrogens with two attached hydrogens (primary N) is 1. The molecule has 0 aliphatic carbocycles. The first-order valence-corrected chi connectivity index (χ1v) is 12.6. The third-order valence-corrected chi connectivity index (χ3v) is 7.26. The predicted molar refractivity (Wildman–Crippen MR) is 140 cm³/mol. The highest BCUT2D eigenvalue weighted by Gasteiger charge is 2.32. The molecule has 1 aromatic carbocycles. The van der Waals surface area contributed by atoms with Crippen molar-refractivity contribution in [2.45, 2.75) is 83.8 Å². The monoisotopic (exact) mass is 459 g/mol. The van der Waals surface area contributed by atoms with Crippen LogP contribution in [0.2, 0.25) is 0 Å². The van der Waals surface area contributed by atoms with E-state index in [0.29, 0.717) is 35.8 Å². The molecule has 6 nitrogen and oxygen atoms in total. The fraction of sp³-hybridized carbons (Fsp3) is 0.464. The largest absolute Gasteiger partial charge is 0.382 e. The van der Waals surface area contributed by atoms with Gasteiger partial charge in [0.1, 0.15) is 11.5 Å². The van der Waals surface area contributed by atoms with Crippen LogP contribution in [0.4, 0.5) is 0 Å². The number of benzene rings is 1. The maximum absolute atomic E-state index is 13.0. The number of unbranched alkanes of at least 4 members (excludes halogenated alkanes) is 1. The van der Waals surface area contributed by atoms with E-state index in [-0.39, 0.29) is 11.4 Å². The number of likely N-dealkylation sites (tertiary alicyclic amines) is 1. The molecule has 6 heteroatoms. The van der Waals surface area contributed by atoms with Gasteiger partial charge in [-0.2, -0.15) is 0 Å². The molecule has 3 atom stereocenters. The number of fused-ring (bicyclic) bond motifs is 1. The minimum absolute atomic E-state index is 0.0694. The molecule has 0 bridgehead atoms. The van der Waals surface area contributed by atoms with Crippen molar-refractivity contribution in [2.75, 3.05) is 0 Å². The zero-order chi connectivity index (χ0) is 24.2. The van der Waals surface area contributed by atoms with Gasteiger partial charge in [0.25, 0.3) is 5.56 Å². The minimum Gasteiger partial charge on any atom is -0.382 e. The SMILES string of the molecule is CCCCC(c1cccc2[nH]c(=O)c(Cc3cccc(C(=N)N)n3)cc12)N1C(C)CCCC1C. The Bertz CT molecular complexity index is 1210. The lowest BCUT2D eigenvalue weighted by atomic mass is 9.88. The maximum atomic E-state index is 13.0. The number of aromatic nitrogens is 2. The van der Waals surface area contributed by atoms with E-state index in [0.717, 1.165) is 29.4 Å². The van der Waals surface area contributed by atoms with Crippen molar-refractivity contribution in [3.05, 3.63) is 75.3 Å². The van der Waals surface area contributed by atoms with Crippen LogP contribution in [0.3, 0.4) is 0 Å². The molecule has 1 fully saturated rings. The van der Waals surface area contributed by atoms with Crippen molar-refractivity contribution in [3.63, 3.8) is 0 Å². The van der Waals surface area contributed by atoms with Crippen LogP contribution in [0.25, 0.3) is 10.9 Å². The van der Waals surface area contributed by atoms with E-state index in [9.17, 15) is 4.79 Å². The number of rotatable bonds is 8. The van der Waals surface area contributed by atoms with Gasteiger partial charge >= 0.3 is 0 Å². The number of hydrogen-bond donors (Lipinski definition) is 3. The van der Waals surface area contributed by atoms with Crippen molar-refractivity contribution in [3.8, 4) is 0 Å². The molecule has 1 aliphatic rings. The smallest absolute Gasteiger partial charge is 0.252 e. The molecule has 3 heterocycles. The number of nitrogens with zero attached hydrogens (tertiary/aromatic N) is 2. The van der Waals surface area contributed by atoms with Gasteiger partial charge in [0, 0.05) is 46.7 Å². The van der Waals surface area contributed by atoms with Crippen LogP contribution < -0.4 is 11.3 Å². The number of nitrogens with one attached hydrogen (secondary N) is 2. The standard InChI is InChI=1S/C28H37N5O/c1-4-5-15-26(33-18(2)9-6-10-19(33)3)22-12-8-13-24-23(22)17-20(28(34)32-24)16-21-11-7-14-25(31-21)27(29)30/h7-8,11-14,17-19,26H,4-6,9-10,15-16H2,1-3H3,(H3,29,30)(H,32,34). The third-order valence-electron chi connectivity index (χ3n) is 7.26. The first-order valence-electron chi connectivity index (χ1n) is 12.6. The van der Waals surface area contributed by atoms with Crippen LogP contribution in [-0.4, -0.2) is 32.8 Å². The van der Waals surface area contributed by atoms with Gasteiger partial charge in [-0.3, -0.25) is 15.1 Å². The number of piperidine rings is 1. The number of hydrogen-bond acceptors (Lipinski definition) is 4. The van der Waals surface area contributed by atoms with Gasteiger partial charge in [-0.05, 0) is 62.9 Å². The van der Waals surface area contributed by atoms with Gasteiger partial charge in [0.05, 0.1) is 0 Å². The average molecular weight is 460 g/mol. The van der Waals surface area contributed by atoms with Crippen LogP contribution in [0.1, 0.15) is 87.9 Å². The normalized spacial score (nSPS) is 19.9. The lowest BCUT2D eigenvalue weighted by Crippen LogP contribution is -2.46. The fourth-order valence-corrected chi connectivity index (χ4v) is 5.56. The highest BCUT2D eigenvalue weighted by atomic mass is 16.1. The zero-order valence-corrected chi connectivity index (χ0v) is 20.6.